The van der Waals surface area contributed by atoms with E-state index in [1.54, 1.807) is 48.5 Å². The first kappa shape index (κ1) is 20.6. The molecule has 0 unspecified atom stereocenters. The lowest BCUT2D eigenvalue weighted by molar-refractivity contribution is 0.0600. The number of amides is 1. The first-order chi connectivity index (χ1) is 15.9. The van der Waals surface area contributed by atoms with Gasteiger partial charge in [-0.2, -0.15) is 0 Å². The molecule has 0 spiro atoms. The number of pyridine rings is 1. The van der Waals surface area contributed by atoms with Crippen LogP contribution in [0.2, 0.25) is 0 Å². The van der Waals surface area contributed by atoms with Crippen molar-refractivity contribution in [2.24, 2.45) is 0 Å². The summed E-state index contributed by atoms with van der Waals surface area (Å²) >= 11 is 0. The molecule has 3 heterocycles. The number of hydrogen-bond acceptors (Lipinski definition) is 6. The molecule has 1 aliphatic heterocycles. The number of fused-ring (bicyclic) bond motifs is 2. The van der Waals surface area contributed by atoms with E-state index >= 15 is 0 Å². The Hall–Kier alpha value is -4.26. The van der Waals surface area contributed by atoms with Crippen molar-refractivity contribution in [1.82, 2.24) is 4.98 Å². The number of anilines is 1. The Labute approximate surface area is 189 Å². The minimum Gasteiger partial charge on any atom is -0.465 e. The molecule has 1 aliphatic rings. The second kappa shape index (κ2) is 7.70. The predicted molar refractivity (Wildman–Crippen MR) is 123 cm³/mol. The van der Waals surface area contributed by atoms with E-state index < -0.39 is 17.9 Å². The molecule has 5 rings (SSSR count). The Bertz CT molecular complexity index is 1490. The minimum atomic E-state index is -0.755. The first-order valence-electron chi connectivity index (χ1n) is 10.4. The fourth-order valence-corrected chi connectivity index (χ4v) is 4.22. The highest BCUT2D eigenvalue weighted by Crippen LogP contribution is 2.40. The molecule has 0 bridgehead atoms. The molecular weight excluding hydrogens is 420 g/mol. The van der Waals surface area contributed by atoms with Crippen molar-refractivity contribution in [2.45, 2.75) is 19.9 Å². The predicted octanol–water partition coefficient (Wildman–Crippen LogP) is 4.34. The number of nitrogens with zero attached hydrogens (tertiary/aromatic N) is 2. The molecular formula is C26H20N2O5. The van der Waals surface area contributed by atoms with Crippen molar-refractivity contribution < 1.29 is 18.7 Å². The molecule has 2 aromatic heterocycles. The van der Waals surface area contributed by atoms with Gasteiger partial charge >= 0.3 is 5.97 Å². The molecule has 0 aliphatic carbocycles. The average molecular weight is 440 g/mol. The number of carbonyl (C=O) groups excluding carboxylic acids is 2. The van der Waals surface area contributed by atoms with Crippen LogP contribution < -0.4 is 10.3 Å². The van der Waals surface area contributed by atoms with E-state index in [9.17, 15) is 14.4 Å². The molecule has 4 aromatic rings. The van der Waals surface area contributed by atoms with Crippen LogP contribution in [0.4, 0.5) is 5.82 Å². The highest BCUT2D eigenvalue weighted by Gasteiger charge is 2.44. The van der Waals surface area contributed by atoms with Crippen LogP contribution in [0.25, 0.3) is 11.0 Å². The molecule has 0 saturated carbocycles. The maximum absolute atomic E-state index is 13.6. The fourth-order valence-electron chi connectivity index (χ4n) is 4.22. The molecule has 0 radical (unpaired) electrons. The molecule has 0 N–H and O–H groups in total. The first-order valence-corrected chi connectivity index (χ1v) is 10.4. The molecule has 7 nitrogen and oxygen atoms in total. The number of methoxy groups -OCH3 is 1. The fraction of sp³-hybridized carbons (Fsp3) is 0.154. The highest BCUT2D eigenvalue weighted by molar-refractivity contribution is 6.10. The van der Waals surface area contributed by atoms with Crippen molar-refractivity contribution >= 4 is 28.7 Å². The van der Waals surface area contributed by atoms with Crippen molar-refractivity contribution in [3.8, 4) is 0 Å². The largest absolute Gasteiger partial charge is 0.465 e. The van der Waals surface area contributed by atoms with Crippen LogP contribution in [-0.4, -0.2) is 24.0 Å². The number of carbonyl (C=O) groups is 2. The van der Waals surface area contributed by atoms with Gasteiger partial charge in [0.05, 0.1) is 29.7 Å². The Morgan fingerprint density at radius 2 is 1.79 bits per heavy atom. The van der Waals surface area contributed by atoms with Crippen LogP contribution in [0.3, 0.4) is 0 Å². The van der Waals surface area contributed by atoms with E-state index in [0.29, 0.717) is 27.9 Å². The summed E-state index contributed by atoms with van der Waals surface area (Å²) in [5.74, 6) is -0.498. The second-order valence-corrected chi connectivity index (χ2v) is 8.00. The molecule has 1 atom stereocenters. The van der Waals surface area contributed by atoms with Gasteiger partial charge in [0.1, 0.15) is 11.4 Å². The van der Waals surface area contributed by atoms with Gasteiger partial charge in [-0.25, -0.2) is 9.78 Å². The topological polar surface area (TPSA) is 89.7 Å². The van der Waals surface area contributed by atoms with Crippen LogP contribution in [0.1, 0.15) is 49.3 Å². The molecule has 2 aromatic carbocycles. The van der Waals surface area contributed by atoms with Gasteiger partial charge in [-0.15, -0.1) is 0 Å². The smallest absolute Gasteiger partial charge is 0.337 e. The van der Waals surface area contributed by atoms with E-state index in [4.69, 9.17) is 9.15 Å². The Morgan fingerprint density at radius 3 is 2.48 bits per heavy atom. The Kier molecular flexibility index (Phi) is 4.82. The summed E-state index contributed by atoms with van der Waals surface area (Å²) in [6, 6.07) is 16.5. The number of ether oxygens (including phenoxy) is 1. The lowest BCUT2D eigenvalue weighted by Gasteiger charge is -2.24. The van der Waals surface area contributed by atoms with Gasteiger partial charge in [-0.3, -0.25) is 14.5 Å². The van der Waals surface area contributed by atoms with Gasteiger partial charge in [0.15, 0.2) is 5.43 Å². The SMILES string of the molecule is COC(=O)c1ccc([C@H]2c3c(oc4ccc(C)cc4c3=O)C(=O)N2c2cccc(C)n2)cc1. The molecule has 1 amide bonds. The summed E-state index contributed by atoms with van der Waals surface area (Å²) in [6.45, 7) is 3.72. The normalized spacial score (nSPS) is 15.1. The number of aryl methyl sites for hydroxylation is 2. The standard InChI is InChI=1S/C26H20N2O5/c1-14-7-12-19-18(13-14)23(29)21-22(16-8-10-17(11-9-16)26(31)32-3)28(25(30)24(21)33-19)20-6-4-5-15(2)27-20/h4-13,22H,1-3H3/t22-/m0/s1. The molecule has 164 valence electrons. The third-order valence-corrected chi connectivity index (χ3v) is 5.79. The van der Waals surface area contributed by atoms with Crippen LogP contribution in [0.5, 0.6) is 0 Å². The van der Waals surface area contributed by atoms with Gasteiger partial charge in [0.2, 0.25) is 5.76 Å². The second-order valence-electron chi connectivity index (χ2n) is 8.00. The van der Waals surface area contributed by atoms with E-state index in [1.807, 2.05) is 26.0 Å². The summed E-state index contributed by atoms with van der Waals surface area (Å²) in [4.78, 5) is 45.1. The van der Waals surface area contributed by atoms with Crippen LogP contribution in [0, 0.1) is 13.8 Å². The van der Waals surface area contributed by atoms with Crippen LogP contribution in [-0.2, 0) is 4.74 Å². The Balaban J connectivity index is 1.77. The summed E-state index contributed by atoms with van der Waals surface area (Å²) in [6.07, 6.45) is 0. The van der Waals surface area contributed by atoms with Crippen LogP contribution >= 0.6 is 0 Å². The zero-order valence-electron chi connectivity index (χ0n) is 18.3. The summed E-state index contributed by atoms with van der Waals surface area (Å²) in [5, 5.41) is 0.414. The van der Waals surface area contributed by atoms with E-state index in [1.165, 1.54) is 12.0 Å². The quantitative estimate of drug-likeness (QED) is 0.440. The molecule has 33 heavy (non-hydrogen) atoms. The third-order valence-electron chi connectivity index (χ3n) is 5.79. The summed E-state index contributed by atoms with van der Waals surface area (Å²) < 4.78 is 10.8. The van der Waals surface area contributed by atoms with Crippen molar-refractivity contribution in [3.05, 3.63) is 105 Å². The van der Waals surface area contributed by atoms with Crippen molar-refractivity contribution in [3.63, 3.8) is 0 Å². The van der Waals surface area contributed by atoms with Crippen molar-refractivity contribution in [1.29, 1.82) is 0 Å². The van der Waals surface area contributed by atoms with Crippen LogP contribution in [0.15, 0.2) is 69.9 Å². The van der Waals surface area contributed by atoms with Gasteiger partial charge in [0, 0.05) is 5.69 Å². The number of rotatable bonds is 3. The number of aromatic nitrogens is 1. The van der Waals surface area contributed by atoms with E-state index in [2.05, 4.69) is 4.98 Å². The van der Waals surface area contributed by atoms with E-state index in [-0.39, 0.29) is 16.8 Å². The molecule has 0 saturated heterocycles. The molecule has 7 heteroatoms. The molecule has 0 fully saturated rings. The van der Waals surface area contributed by atoms with Crippen molar-refractivity contribution in [2.75, 3.05) is 12.0 Å². The lowest BCUT2D eigenvalue weighted by atomic mass is 9.97. The summed E-state index contributed by atoms with van der Waals surface area (Å²) in [7, 11) is 1.31. The third kappa shape index (κ3) is 3.29. The summed E-state index contributed by atoms with van der Waals surface area (Å²) in [5.41, 5.74) is 3.01. The zero-order valence-corrected chi connectivity index (χ0v) is 18.3. The minimum absolute atomic E-state index is 0.00158. The number of esters is 1. The number of benzene rings is 2. The Morgan fingerprint density at radius 1 is 1.03 bits per heavy atom. The number of hydrogen-bond donors (Lipinski definition) is 0. The highest BCUT2D eigenvalue weighted by atomic mass is 16.5. The van der Waals surface area contributed by atoms with Gasteiger partial charge in [0.25, 0.3) is 5.91 Å². The maximum atomic E-state index is 13.6. The zero-order chi connectivity index (χ0) is 23.3. The van der Waals surface area contributed by atoms with Gasteiger partial charge in [-0.1, -0.05) is 29.8 Å². The maximum Gasteiger partial charge on any atom is 0.337 e. The van der Waals surface area contributed by atoms with Gasteiger partial charge < -0.3 is 9.15 Å². The van der Waals surface area contributed by atoms with Gasteiger partial charge in [-0.05, 0) is 55.8 Å². The average Bonchev–Trinajstić information content (AvgIpc) is 3.11. The van der Waals surface area contributed by atoms with E-state index in [0.717, 1.165) is 11.3 Å². The monoisotopic (exact) mass is 440 g/mol. The lowest BCUT2D eigenvalue weighted by Crippen LogP contribution is -2.30.